The average molecular weight is 267 g/mol. The third-order valence-electron chi connectivity index (χ3n) is 2.76. The molecule has 0 saturated carbocycles. The lowest BCUT2D eigenvalue weighted by atomic mass is 10.2. The van der Waals surface area contributed by atoms with Gasteiger partial charge in [0.15, 0.2) is 0 Å². The third kappa shape index (κ3) is 2.38. The molecule has 0 aliphatic rings. The van der Waals surface area contributed by atoms with Gasteiger partial charge in [-0.2, -0.15) is 4.98 Å². The van der Waals surface area contributed by atoms with Crippen molar-refractivity contribution in [3.8, 4) is 28.6 Å². The van der Waals surface area contributed by atoms with Gasteiger partial charge in [0, 0.05) is 18.0 Å². The second-order valence-electron chi connectivity index (χ2n) is 4.09. The van der Waals surface area contributed by atoms with Gasteiger partial charge in [0.2, 0.25) is 5.82 Å². The molecule has 0 bridgehead atoms. The number of rotatable bonds is 4. The van der Waals surface area contributed by atoms with Crippen molar-refractivity contribution in [1.82, 2.24) is 15.1 Å². The fourth-order valence-electron chi connectivity index (χ4n) is 1.87. The zero-order valence-corrected chi connectivity index (χ0v) is 11.0. The summed E-state index contributed by atoms with van der Waals surface area (Å²) in [6.07, 6.45) is 3.40. The van der Waals surface area contributed by atoms with Crippen molar-refractivity contribution in [1.29, 1.82) is 0 Å². The highest BCUT2D eigenvalue weighted by atomic mass is 16.5. The number of aromatic nitrogens is 3. The largest absolute Gasteiger partial charge is 0.493 e. The molecule has 2 heterocycles. The number of hydrogen-bond donors (Lipinski definition) is 0. The molecule has 0 unspecified atom stereocenters. The zero-order chi connectivity index (χ0) is 13.8. The van der Waals surface area contributed by atoms with Crippen molar-refractivity contribution in [3.05, 3.63) is 48.8 Å². The van der Waals surface area contributed by atoms with Gasteiger partial charge in [-0.05, 0) is 31.2 Å². The fourth-order valence-corrected chi connectivity index (χ4v) is 1.87. The van der Waals surface area contributed by atoms with E-state index in [-0.39, 0.29) is 0 Å². The van der Waals surface area contributed by atoms with Crippen LogP contribution in [0.25, 0.3) is 22.8 Å². The molecule has 0 N–H and O–H groups in total. The lowest BCUT2D eigenvalue weighted by Gasteiger charge is -2.05. The van der Waals surface area contributed by atoms with Crippen LogP contribution in [0.15, 0.2) is 53.3 Å². The maximum atomic E-state index is 5.57. The van der Waals surface area contributed by atoms with E-state index in [2.05, 4.69) is 15.1 Å². The van der Waals surface area contributed by atoms with E-state index in [1.807, 2.05) is 43.3 Å². The van der Waals surface area contributed by atoms with Crippen molar-refractivity contribution < 1.29 is 9.26 Å². The van der Waals surface area contributed by atoms with Crippen molar-refractivity contribution in [2.24, 2.45) is 0 Å². The minimum atomic E-state index is 0.438. The summed E-state index contributed by atoms with van der Waals surface area (Å²) in [5.74, 6) is 1.68. The van der Waals surface area contributed by atoms with Crippen LogP contribution in [-0.2, 0) is 0 Å². The Labute approximate surface area is 116 Å². The molecular weight excluding hydrogens is 254 g/mol. The maximum absolute atomic E-state index is 5.57. The van der Waals surface area contributed by atoms with Crippen LogP contribution in [0, 0.1) is 0 Å². The molecular formula is C15H13N3O2. The molecule has 0 saturated heterocycles. The second-order valence-corrected chi connectivity index (χ2v) is 4.09. The summed E-state index contributed by atoms with van der Waals surface area (Å²) in [6.45, 7) is 2.52. The second kappa shape index (κ2) is 5.52. The fraction of sp³-hybridized carbons (Fsp3) is 0.133. The van der Waals surface area contributed by atoms with Crippen LogP contribution in [0.2, 0.25) is 0 Å². The highest BCUT2D eigenvalue weighted by Crippen LogP contribution is 2.29. The van der Waals surface area contributed by atoms with Crippen LogP contribution >= 0.6 is 0 Å². The number of ether oxygens (including phenoxy) is 1. The van der Waals surface area contributed by atoms with Crippen molar-refractivity contribution >= 4 is 0 Å². The molecule has 20 heavy (non-hydrogen) atoms. The Balaban J connectivity index is 1.98. The zero-order valence-electron chi connectivity index (χ0n) is 11.0. The Kier molecular flexibility index (Phi) is 3.41. The molecule has 3 aromatic rings. The first kappa shape index (κ1) is 12.3. The quantitative estimate of drug-likeness (QED) is 0.726. The van der Waals surface area contributed by atoms with E-state index in [1.54, 1.807) is 12.4 Å². The number of para-hydroxylation sites is 1. The van der Waals surface area contributed by atoms with Gasteiger partial charge in [-0.3, -0.25) is 4.98 Å². The van der Waals surface area contributed by atoms with Crippen LogP contribution in [0.4, 0.5) is 0 Å². The Morgan fingerprint density at radius 2 is 2.05 bits per heavy atom. The SMILES string of the molecule is CCOc1ccccc1-c1nc(-c2cccnc2)no1. The normalized spacial score (nSPS) is 10.4. The van der Waals surface area contributed by atoms with Crippen molar-refractivity contribution in [2.45, 2.75) is 6.92 Å². The summed E-state index contributed by atoms with van der Waals surface area (Å²) >= 11 is 0. The van der Waals surface area contributed by atoms with Gasteiger partial charge in [-0.25, -0.2) is 0 Å². The maximum Gasteiger partial charge on any atom is 0.262 e. The van der Waals surface area contributed by atoms with E-state index in [1.165, 1.54) is 0 Å². The lowest BCUT2D eigenvalue weighted by Crippen LogP contribution is -1.93. The Morgan fingerprint density at radius 1 is 1.15 bits per heavy atom. The third-order valence-corrected chi connectivity index (χ3v) is 2.76. The first-order chi connectivity index (χ1) is 9.88. The topological polar surface area (TPSA) is 61.0 Å². The predicted molar refractivity (Wildman–Crippen MR) is 74.1 cm³/mol. The monoisotopic (exact) mass is 267 g/mol. The summed E-state index contributed by atoms with van der Waals surface area (Å²) in [4.78, 5) is 8.44. The Bertz CT molecular complexity index is 695. The summed E-state index contributed by atoms with van der Waals surface area (Å²) < 4.78 is 10.9. The smallest absolute Gasteiger partial charge is 0.262 e. The minimum absolute atomic E-state index is 0.438. The Morgan fingerprint density at radius 3 is 2.85 bits per heavy atom. The Hall–Kier alpha value is -2.69. The predicted octanol–water partition coefficient (Wildman–Crippen LogP) is 3.20. The molecule has 0 radical (unpaired) electrons. The van der Waals surface area contributed by atoms with Crippen molar-refractivity contribution in [2.75, 3.05) is 6.61 Å². The molecule has 0 fully saturated rings. The van der Waals surface area contributed by atoms with Crippen LogP contribution < -0.4 is 4.74 Å². The summed E-state index contributed by atoms with van der Waals surface area (Å²) in [6, 6.07) is 11.3. The number of pyridine rings is 1. The summed E-state index contributed by atoms with van der Waals surface area (Å²) in [5.41, 5.74) is 1.60. The molecule has 0 amide bonds. The average Bonchev–Trinajstić information content (AvgIpc) is 2.99. The van der Waals surface area contributed by atoms with E-state index in [0.717, 1.165) is 16.9 Å². The summed E-state index contributed by atoms with van der Waals surface area (Å²) in [5, 5.41) is 3.98. The number of hydrogen-bond acceptors (Lipinski definition) is 5. The standard InChI is InChI=1S/C15H13N3O2/c1-2-19-13-8-4-3-7-12(13)15-17-14(18-20-15)11-6-5-9-16-10-11/h3-10H,2H2,1H3. The van der Waals surface area contributed by atoms with Crippen LogP contribution in [0.3, 0.4) is 0 Å². The highest BCUT2D eigenvalue weighted by Gasteiger charge is 2.14. The lowest BCUT2D eigenvalue weighted by molar-refractivity contribution is 0.339. The highest BCUT2D eigenvalue weighted by molar-refractivity contribution is 5.64. The first-order valence-electron chi connectivity index (χ1n) is 6.35. The van der Waals surface area contributed by atoms with Gasteiger partial charge in [0.05, 0.1) is 12.2 Å². The minimum Gasteiger partial charge on any atom is -0.493 e. The molecule has 100 valence electrons. The molecule has 0 aliphatic heterocycles. The van der Waals surface area contributed by atoms with Crippen LogP contribution in [0.5, 0.6) is 5.75 Å². The number of benzene rings is 1. The molecule has 2 aromatic heterocycles. The molecule has 0 aliphatic carbocycles. The van der Waals surface area contributed by atoms with Gasteiger partial charge in [0.1, 0.15) is 5.75 Å². The number of nitrogens with zero attached hydrogens (tertiary/aromatic N) is 3. The van der Waals surface area contributed by atoms with Crippen LogP contribution in [0.1, 0.15) is 6.92 Å². The van der Waals surface area contributed by atoms with E-state index in [0.29, 0.717) is 18.3 Å². The molecule has 3 rings (SSSR count). The van der Waals surface area contributed by atoms with E-state index >= 15 is 0 Å². The summed E-state index contributed by atoms with van der Waals surface area (Å²) in [7, 11) is 0. The van der Waals surface area contributed by atoms with Gasteiger partial charge < -0.3 is 9.26 Å². The molecule has 0 spiro atoms. The van der Waals surface area contributed by atoms with Gasteiger partial charge in [-0.15, -0.1) is 0 Å². The molecule has 5 nitrogen and oxygen atoms in total. The molecule has 5 heteroatoms. The van der Waals surface area contributed by atoms with E-state index in [9.17, 15) is 0 Å². The molecule has 0 atom stereocenters. The van der Waals surface area contributed by atoms with Crippen LogP contribution in [-0.4, -0.2) is 21.7 Å². The van der Waals surface area contributed by atoms with Gasteiger partial charge in [0.25, 0.3) is 5.89 Å². The first-order valence-corrected chi connectivity index (χ1v) is 6.35. The van der Waals surface area contributed by atoms with Crippen molar-refractivity contribution in [3.63, 3.8) is 0 Å². The van der Waals surface area contributed by atoms with Gasteiger partial charge in [-0.1, -0.05) is 17.3 Å². The molecule has 1 aromatic carbocycles. The van der Waals surface area contributed by atoms with E-state index < -0.39 is 0 Å². The van der Waals surface area contributed by atoms with E-state index in [4.69, 9.17) is 9.26 Å². The van der Waals surface area contributed by atoms with Gasteiger partial charge >= 0.3 is 0 Å².